The third-order valence-electron chi connectivity index (χ3n) is 7.13. The van der Waals surface area contributed by atoms with E-state index in [1.54, 1.807) is 0 Å². The smallest absolute Gasteiger partial charge is 0.230 e. The van der Waals surface area contributed by atoms with Gasteiger partial charge in [0.25, 0.3) is 0 Å². The average Bonchev–Trinajstić information content (AvgIpc) is 3.72. The van der Waals surface area contributed by atoms with Gasteiger partial charge in [0.05, 0.1) is 12.1 Å². The topological polar surface area (TPSA) is 294 Å². The summed E-state index contributed by atoms with van der Waals surface area (Å²) >= 11 is 0.995. The van der Waals surface area contributed by atoms with Crippen LogP contribution in [0.15, 0.2) is 24.1 Å². The van der Waals surface area contributed by atoms with Crippen LogP contribution in [0.5, 0.6) is 0 Å². The summed E-state index contributed by atoms with van der Waals surface area (Å²) in [6.45, 7) is -0.158. The highest BCUT2D eigenvalue weighted by Gasteiger charge is 2.46. The molecule has 0 spiro atoms. The fourth-order valence-electron chi connectivity index (χ4n) is 4.95. The maximum atomic E-state index is 12.8. The van der Waals surface area contributed by atoms with Crippen LogP contribution in [0.2, 0.25) is 0 Å². The van der Waals surface area contributed by atoms with Crippen molar-refractivity contribution in [3.05, 3.63) is 19.0 Å². The van der Waals surface area contributed by atoms with Crippen LogP contribution >= 0.6 is 11.8 Å². The number of aliphatic hydroxyl groups excluding tert-OH is 4. The van der Waals surface area contributed by atoms with Gasteiger partial charge in [-0.05, 0) is 0 Å². The minimum absolute atomic E-state index is 0.0349. The molecule has 6 heterocycles. The zero-order chi connectivity index (χ0) is 29.7. The number of hydrogen-bond acceptors (Lipinski definition) is 17. The number of rotatable bonds is 8. The molecule has 8 atom stereocenters. The van der Waals surface area contributed by atoms with Crippen LogP contribution in [-0.4, -0.2) is 121 Å². The zero-order valence-electron chi connectivity index (χ0n) is 21.7. The molecule has 2 aliphatic heterocycles. The Balaban J connectivity index is 1.13. The quantitative estimate of drug-likeness (QED) is 0.0895. The molecule has 4 aromatic heterocycles. The standard InChI is InChI=1S/C22H28N12O7S/c23-1-7-12(36)15(39)21(40-7)34-19-11(17(25)28-5-30-19)32-22(34)42-3-9(35)26-2-8-13(37)14(38)20(41-8)33-6-31-10-16(24)27-4-29-18(10)33/h4-8,12-15,20-21,36-39H,1-3,23H2,(H,26,35)(H2,24,27,29)(H2,25,28,30)/t7-,8-,12-,13-,14-,15-,20-,21-/m1/s1. The van der Waals surface area contributed by atoms with E-state index in [9.17, 15) is 25.2 Å². The number of thioether (sulfide) groups is 1. The van der Waals surface area contributed by atoms with Gasteiger partial charge in [-0.25, -0.2) is 29.9 Å². The van der Waals surface area contributed by atoms with Crippen LogP contribution in [0.25, 0.3) is 22.3 Å². The highest BCUT2D eigenvalue weighted by atomic mass is 32.2. The number of nitrogens with one attached hydrogen (secondary N) is 1. The summed E-state index contributed by atoms with van der Waals surface area (Å²) in [5.74, 6) is -0.373. The Morgan fingerprint density at radius 3 is 2.24 bits per heavy atom. The Hall–Kier alpha value is -3.76. The fourth-order valence-corrected chi connectivity index (χ4v) is 5.80. The van der Waals surface area contributed by atoms with E-state index in [1.165, 1.54) is 28.1 Å². The number of nitrogens with two attached hydrogens (primary N) is 3. The lowest BCUT2D eigenvalue weighted by molar-refractivity contribution is -0.119. The molecule has 11 N–H and O–H groups in total. The highest BCUT2D eigenvalue weighted by molar-refractivity contribution is 7.99. The van der Waals surface area contributed by atoms with E-state index in [4.69, 9.17) is 26.7 Å². The van der Waals surface area contributed by atoms with Crippen molar-refractivity contribution in [3.8, 4) is 0 Å². The van der Waals surface area contributed by atoms with Crippen molar-refractivity contribution in [1.82, 2.24) is 44.4 Å². The predicted molar refractivity (Wildman–Crippen MR) is 144 cm³/mol. The minimum Gasteiger partial charge on any atom is -0.387 e. The molecule has 19 nitrogen and oxygen atoms in total. The Bertz CT molecular complexity index is 1620. The summed E-state index contributed by atoms with van der Waals surface area (Å²) in [5, 5.41) is 45.1. The van der Waals surface area contributed by atoms with Gasteiger partial charge in [0, 0.05) is 13.1 Å². The van der Waals surface area contributed by atoms with Crippen molar-refractivity contribution in [2.24, 2.45) is 5.73 Å². The summed E-state index contributed by atoms with van der Waals surface area (Å²) in [6, 6.07) is 0. The second kappa shape index (κ2) is 11.1. The van der Waals surface area contributed by atoms with Gasteiger partial charge in [-0.3, -0.25) is 13.9 Å². The number of fused-ring (bicyclic) bond motifs is 2. The van der Waals surface area contributed by atoms with Gasteiger partial charge in [0.2, 0.25) is 5.91 Å². The number of amides is 1. The third-order valence-corrected chi connectivity index (χ3v) is 8.08. The second-order valence-corrected chi connectivity index (χ2v) is 10.6. The van der Waals surface area contributed by atoms with Crippen molar-refractivity contribution >= 4 is 51.6 Å². The monoisotopic (exact) mass is 604 g/mol. The van der Waals surface area contributed by atoms with Crippen LogP contribution in [-0.2, 0) is 14.3 Å². The number of anilines is 2. The number of hydrogen-bond donors (Lipinski definition) is 8. The van der Waals surface area contributed by atoms with Crippen LogP contribution in [0.1, 0.15) is 12.5 Å². The molecule has 20 heteroatoms. The molecule has 2 aliphatic rings. The van der Waals surface area contributed by atoms with Gasteiger partial charge >= 0.3 is 0 Å². The molecule has 0 radical (unpaired) electrons. The molecule has 4 aromatic rings. The number of ether oxygens (including phenoxy) is 2. The summed E-state index contributed by atoms with van der Waals surface area (Å²) in [5.41, 5.74) is 18.6. The van der Waals surface area contributed by atoms with Gasteiger partial charge in [-0.1, -0.05) is 11.8 Å². The SMILES string of the molecule is NC[C@H]1O[C@@H](n2c(SCC(=O)NC[C@H]3O[C@@H](n4cnc5c(N)ncnc54)[C@H](O)[C@@H]3O)nc3c(N)ncnc32)[C@H](O)[C@@H]1O. The van der Waals surface area contributed by atoms with Crippen molar-refractivity contribution in [2.75, 3.05) is 30.3 Å². The normalized spacial score (nSPS) is 29.5. The van der Waals surface area contributed by atoms with Crippen LogP contribution < -0.4 is 22.5 Å². The Morgan fingerprint density at radius 1 is 0.881 bits per heavy atom. The van der Waals surface area contributed by atoms with Crippen molar-refractivity contribution < 1.29 is 34.7 Å². The first-order valence-electron chi connectivity index (χ1n) is 12.7. The van der Waals surface area contributed by atoms with E-state index >= 15 is 0 Å². The van der Waals surface area contributed by atoms with E-state index in [0.717, 1.165) is 11.8 Å². The lowest BCUT2D eigenvalue weighted by Crippen LogP contribution is -2.40. The number of imidazole rings is 2. The van der Waals surface area contributed by atoms with Crippen molar-refractivity contribution in [2.45, 2.75) is 54.2 Å². The largest absolute Gasteiger partial charge is 0.387 e. The van der Waals surface area contributed by atoms with E-state index in [1.807, 2.05) is 0 Å². The second-order valence-electron chi connectivity index (χ2n) is 9.70. The Morgan fingerprint density at radius 2 is 1.52 bits per heavy atom. The van der Waals surface area contributed by atoms with Gasteiger partial charge < -0.3 is 52.4 Å². The van der Waals surface area contributed by atoms with Crippen LogP contribution in [0.4, 0.5) is 11.6 Å². The van der Waals surface area contributed by atoms with E-state index in [2.05, 4.69) is 35.2 Å². The van der Waals surface area contributed by atoms with Crippen molar-refractivity contribution in [1.29, 1.82) is 0 Å². The summed E-state index contributed by atoms with van der Waals surface area (Å²) < 4.78 is 14.5. The Kier molecular flexibility index (Phi) is 7.53. The molecule has 2 saturated heterocycles. The summed E-state index contributed by atoms with van der Waals surface area (Å²) in [6.07, 6.45) is -5.34. The highest BCUT2D eigenvalue weighted by Crippen LogP contribution is 2.36. The molecule has 224 valence electrons. The van der Waals surface area contributed by atoms with Gasteiger partial charge in [-0.15, -0.1) is 0 Å². The van der Waals surface area contributed by atoms with E-state index in [0.29, 0.717) is 11.2 Å². The van der Waals surface area contributed by atoms with Gasteiger partial charge in [-0.2, -0.15) is 0 Å². The maximum Gasteiger partial charge on any atom is 0.230 e. The van der Waals surface area contributed by atoms with E-state index in [-0.39, 0.29) is 46.8 Å². The van der Waals surface area contributed by atoms with Crippen LogP contribution in [0.3, 0.4) is 0 Å². The van der Waals surface area contributed by atoms with Crippen LogP contribution in [0, 0.1) is 0 Å². The van der Waals surface area contributed by atoms with E-state index < -0.39 is 55.0 Å². The molecule has 0 bridgehead atoms. The first kappa shape index (κ1) is 28.4. The molecule has 0 saturated carbocycles. The lowest BCUT2D eigenvalue weighted by Gasteiger charge is -2.19. The minimum atomic E-state index is -1.35. The van der Waals surface area contributed by atoms with Crippen molar-refractivity contribution in [3.63, 3.8) is 0 Å². The molecule has 0 unspecified atom stereocenters. The number of carbonyl (C=O) groups is 1. The van der Waals surface area contributed by atoms with Gasteiger partial charge in [0.1, 0.15) is 54.8 Å². The first-order chi connectivity index (χ1) is 20.2. The zero-order valence-corrected chi connectivity index (χ0v) is 22.5. The fraction of sp³-hybridized carbons (Fsp3) is 0.500. The molecule has 1 amide bonds. The Labute approximate surface area is 240 Å². The number of aliphatic hydroxyl groups is 4. The van der Waals surface area contributed by atoms with Gasteiger partial charge in [0.15, 0.2) is 46.1 Å². The predicted octanol–water partition coefficient (Wildman–Crippen LogP) is -3.76. The number of nitrogen functional groups attached to an aromatic ring is 2. The number of aromatic nitrogens is 8. The average molecular weight is 605 g/mol. The maximum absolute atomic E-state index is 12.8. The molecule has 0 aromatic carbocycles. The summed E-state index contributed by atoms with van der Waals surface area (Å²) in [4.78, 5) is 37.5. The molecule has 2 fully saturated rings. The first-order valence-corrected chi connectivity index (χ1v) is 13.7. The number of nitrogens with zero attached hydrogens (tertiary/aromatic N) is 8. The molecular weight excluding hydrogens is 576 g/mol. The lowest BCUT2D eigenvalue weighted by atomic mass is 10.1. The molecule has 0 aliphatic carbocycles. The third kappa shape index (κ3) is 4.76. The number of carbonyl (C=O) groups excluding carboxylic acids is 1. The molecule has 42 heavy (non-hydrogen) atoms. The molecule has 6 rings (SSSR count). The molecular formula is C22H28N12O7S. The summed E-state index contributed by atoms with van der Waals surface area (Å²) in [7, 11) is 0.